The maximum Gasteiger partial charge on any atom is 0.0159 e. The van der Waals surface area contributed by atoms with Crippen LogP contribution in [-0.2, 0) is 10.8 Å². The Kier molecular flexibility index (Phi) is 6.46. The lowest BCUT2D eigenvalue weighted by atomic mass is 9.80. The number of rotatable bonds is 3. The molecule has 0 radical (unpaired) electrons. The van der Waals surface area contributed by atoms with Gasteiger partial charge in [-0.2, -0.15) is 0 Å². The topological polar surface area (TPSA) is 0 Å². The highest BCUT2D eigenvalue weighted by molar-refractivity contribution is 6.24. The Balaban J connectivity index is 1.21. The summed E-state index contributed by atoms with van der Waals surface area (Å²) in [5, 5.41) is 7.66. The van der Waals surface area contributed by atoms with Gasteiger partial charge in [-0.3, -0.25) is 0 Å². The predicted molar refractivity (Wildman–Crippen MR) is 230 cm³/mol. The highest BCUT2D eigenvalue weighted by Crippen LogP contribution is 2.53. The Labute approximate surface area is 317 Å². The number of hydrogen-bond acceptors (Lipinski definition) is 0. The summed E-state index contributed by atoms with van der Waals surface area (Å²) in [5.41, 5.74) is 18.5. The van der Waals surface area contributed by atoms with Crippen LogP contribution in [0, 0.1) is 0 Å². The van der Waals surface area contributed by atoms with Crippen molar-refractivity contribution in [2.75, 3.05) is 0 Å². The molecule has 256 valence electrons. The van der Waals surface area contributed by atoms with E-state index in [9.17, 15) is 0 Å². The lowest BCUT2D eigenvalue weighted by molar-refractivity contribution is 0.660. The lowest BCUT2D eigenvalue weighted by Crippen LogP contribution is -2.14. The third kappa shape index (κ3) is 4.26. The molecule has 0 unspecified atom stereocenters. The van der Waals surface area contributed by atoms with Gasteiger partial charge >= 0.3 is 0 Å². The van der Waals surface area contributed by atoms with E-state index in [2.05, 4.69) is 198 Å². The molecule has 9 aromatic carbocycles. The van der Waals surface area contributed by atoms with Crippen LogP contribution < -0.4 is 0 Å². The molecule has 54 heavy (non-hydrogen) atoms. The molecule has 11 rings (SSSR count). The fourth-order valence-electron chi connectivity index (χ4n) is 10.1. The Bertz CT molecular complexity index is 3040. The van der Waals surface area contributed by atoms with Crippen molar-refractivity contribution in [3.8, 4) is 55.6 Å². The van der Waals surface area contributed by atoms with Gasteiger partial charge in [0.25, 0.3) is 0 Å². The molecule has 0 N–H and O–H groups in total. The largest absolute Gasteiger partial charge is 0.0619 e. The van der Waals surface area contributed by atoms with Crippen LogP contribution in [0.15, 0.2) is 170 Å². The molecule has 2 aliphatic carbocycles. The van der Waals surface area contributed by atoms with Gasteiger partial charge < -0.3 is 0 Å². The van der Waals surface area contributed by atoms with E-state index in [1.165, 1.54) is 110 Å². The third-order valence-electron chi connectivity index (χ3n) is 12.9. The van der Waals surface area contributed by atoms with Crippen molar-refractivity contribution in [2.24, 2.45) is 0 Å². The highest BCUT2D eigenvalue weighted by Gasteiger charge is 2.36. The average Bonchev–Trinajstić information content (AvgIpc) is 3.58. The molecule has 0 saturated carbocycles. The smallest absolute Gasteiger partial charge is 0.0159 e. The van der Waals surface area contributed by atoms with Crippen LogP contribution in [0.2, 0.25) is 0 Å². The first-order valence-electron chi connectivity index (χ1n) is 19.3. The van der Waals surface area contributed by atoms with Gasteiger partial charge in [0.2, 0.25) is 0 Å². The molecular weight excluding hydrogens is 649 g/mol. The van der Waals surface area contributed by atoms with Crippen molar-refractivity contribution >= 4 is 32.3 Å². The van der Waals surface area contributed by atoms with Gasteiger partial charge in [0, 0.05) is 10.8 Å². The number of hydrogen-bond donors (Lipinski definition) is 0. The van der Waals surface area contributed by atoms with Gasteiger partial charge in [0.1, 0.15) is 0 Å². The second-order valence-electron chi connectivity index (χ2n) is 16.4. The summed E-state index contributed by atoms with van der Waals surface area (Å²) in [6.45, 7) is 9.50. The van der Waals surface area contributed by atoms with E-state index in [1.807, 2.05) is 0 Å². The molecule has 0 fully saturated rings. The van der Waals surface area contributed by atoms with Crippen molar-refractivity contribution in [2.45, 2.75) is 38.5 Å². The molecule has 0 spiro atoms. The Hall–Kier alpha value is -6.24. The molecule has 0 aromatic heterocycles. The molecule has 0 heteroatoms. The van der Waals surface area contributed by atoms with E-state index in [4.69, 9.17) is 0 Å². The van der Waals surface area contributed by atoms with Crippen LogP contribution in [0.3, 0.4) is 0 Å². The standard InChI is InChI=1S/C54H40/c1-53(2)47-22-11-9-17-38(47)40-27-24-35(31-49(40)53)34-25-29-45-46(30-34)52(42-21-13-15-33-14-5-6-16-37(33)42)44-20-8-7-19-43(44)51(45)36-26-28-41-39-18-10-12-23-48(39)54(3,4)50(41)32-36/h5-32H,1-4H3. The van der Waals surface area contributed by atoms with Gasteiger partial charge in [0.05, 0.1) is 0 Å². The maximum atomic E-state index is 2.49. The molecule has 0 saturated heterocycles. The minimum atomic E-state index is -0.0788. The van der Waals surface area contributed by atoms with Crippen molar-refractivity contribution < 1.29 is 0 Å². The summed E-state index contributed by atoms with van der Waals surface area (Å²) >= 11 is 0. The maximum absolute atomic E-state index is 2.49. The van der Waals surface area contributed by atoms with Gasteiger partial charge in [-0.15, -0.1) is 0 Å². The zero-order valence-electron chi connectivity index (χ0n) is 31.2. The predicted octanol–water partition coefficient (Wildman–Crippen LogP) is 14.8. The summed E-state index contributed by atoms with van der Waals surface area (Å²) in [7, 11) is 0. The van der Waals surface area contributed by atoms with E-state index in [-0.39, 0.29) is 10.8 Å². The van der Waals surface area contributed by atoms with Crippen molar-refractivity contribution in [3.63, 3.8) is 0 Å². The van der Waals surface area contributed by atoms with Gasteiger partial charge in [-0.05, 0) is 128 Å². The van der Waals surface area contributed by atoms with E-state index >= 15 is 0 Å². The quantitative estimate of drug-likeness (QED) is 0.162. The second-order valence-corrected chi connectivity index (χ2v) is 16.4. The summed E-state index contributed by atoms with van der Waals surface area (Å²) in [4.78, 5) is 0. The van der Waals surface area contributed by atoms with Gasteiger partial charge in [0.15, 0.2) is 0 Å². The third-order valence-corrected chi connectivity index (χ3v) is 12.9. The second kappa shape index (κ2) is 11.1. The molecule has 9 aromatic rings. The molecule has 0 nitrogen and oxygen atoms in total. The van der Waals surface area contributed by atoms with Crippen molar-refractivity contribution in [1.29, 1.82) is 0 Å². The lowest BCUT2D eigenvalue weighted by Gasteiger charge is -2.23. The monoisotopic (exact) mass is 688 g/mol. The summed E-state index contributed by atoms with van der Waals surface area (Å²) in [6.07, 6.45) is 0. The molecule has 0 aliphatic heterocycles. The Morgan fingerprint density at radius 1 is 0.278 bits per heavy atom. The minimum absolute atomic E-state index is 0.0583. The van der Waals surface area contributed by atoms with E-state index < -0.39 is 0 Å². The SMILES string of the molecule is CC1(C)c2ccccc2-c2ccc(-c3ccc4c(-c5ccc6c(c5)C(C)(C)c5ccccc5-6)c5ccccc5c(-c5cccc6ccccc56)c4c3)cc21. The van der Waals surface area contributed by atoms with Crippen LogP contribution in [0.1, 0.15) is 49.9 Å². The summed E-state index contributed by atoms with van der Waals surface area (Å²) < 4.78 is 0. The van der Waals surface area contributed by atoms with Crippen LogP contribution in [0.25, 0.3) is 88.0 Å². The Morgan fingerprint density at radius 3 is 1.41 bits per heavy atom. The fourth-order valence-corrected chi connectivity index (χ4v) is 10.1. The molecule has 0 bridgehead atoms. The Morgan fingerprint density at radius 2 is 0.722 bits per heavy atom. The van der Waals surface area contributed by atoms with Crippen LogP contribution in [0.5, 0.6) is 0 Å². The normalized spacial score (nSPS) is 14.6. The first-order valence-corrected chi connectivity index (χ1v) is 19.3. The molecular formula is C54H40. The minimum Gasteiger partial charge on any atom is -0.0619 e. The zero-order chi connectivity index (χ0) is 36.3. The van der Waals surface area contributed by atoms with Gasteiger partial charge in [-0.1, -0.05) is 179 Å². The number of fused-ring (bicyclic) bond motifs is 9. The summed E-state index contributed by atoms with van der Waals surface area (Å²) in [6, 6.07) is 64.1. The summed E-state index contributed by atoms with van der Waals surface area (Å²) in [5.74, 6) is 0. The first-order chi connectivity index (χ1) is 26.3. The van der Waals surface area contributed by atoms with Gasteiger partial charge in [-0.25, -0.2) is 0 Å². The molecule has 0 heterocycles. The fraction of sp³-hybridized carbons (Fsp3) is 0.111. The van der Waals surface area contributed by atoms with Crippen LogP contribution >= 0.6 is 0 Å². The van der Waals surface area contributed by atoms with Crippen molar-refractivity contribution in [3.05, 3.63) is 192 Å². The number of benzene rings is 9. The van der Waals surface area contributed by atoms with Crippen LogP contribution in [-0.4, -0.2) is 0 Å². The zero-order valence-corrected chi connectivity index (χ0v) is 31.2. The highest BCUT2D eigenvalue weighted by atomic mass is 14.4. The van der Waals surface area contributed by atoms with E-state index in [0.29, 0.717) is 0 Å². The molecule has 2 aliphatic rings. The first kappa shape index (κ1) is 31.3. The van der Waals surface area contributed by atoms with E-state index in [1.54, 1.807) is 0 Å². The van der Waals surface area contributed by atoms with Crippen molar-refractivity contribution in [1.82, 2.24) is 0 Å². The van der Waals surface area contributed by atoms with Crippen LogP contribution in [0.4, 0.5) is 0 Å². The molecule has 0 amide bonds. The van der Waals surface area contributed by atoms with E-state index in [0.717, 1.165) is 0 Å². The molecule has 0 atom stereocenters. The average molecular weight is 689 g/mol.